The summed E-state index contributed by atoms with van der Waals surface area (Å²) in [5, 5.41) is 18.4. The predicted molar refractivity (Wildman–Crippen MR) is 46.7 cm³/mol. The fraction of sp³-hybridized carbons (Fsp3) is 0.800. The number of aliphatic hydroxyl groups is 2. The van der Waals surface area contributed by atoms with Crippen LogP contribution in [0.5, 0.6) is 0 Å². The Hall–Kier alpha value is 1.46. The molecule has 0 bridgehead atoms. The van der Waals surface area contributed by atoms with E-state index in [4.69, 9.17) is 10.2 Å². The van der Waals surface area contributed by atoms with Gasteiger partial charge in [0, 0.05) is 10.7 Å². The van der Waals surface area contributed by atoms with Crippen molar-refractivity contribution >= 4 is 36.7 Å². The zero-order valence-electron chi connectivity index (χ0n) is 5.43. The first-order valence-corrected chi connectivity index (χ1v) is 5.90. The first kappa shape index (κ1) is 14.0. The molecule has 0 aliphatic carbocycles. The molecule has 0 saturated carbocycles. The minimum atomic E-state index is -0.658. The van der Waals surface area contributed by atoms with Gasteiger partial charge in [0.2, 0.25) is 0 Å². The molecule has 5 heteroatoms. The van der Waals surface area contributed by atoms with Crippen LogP contribution in [0.25, 0.3) is 0 Å². The standard InChI is InChI=1S/C4H8Br2O2.CH2.Ti/c5-1-3(7)4(8)2-6;;/h3-4,7-8H,1-2H2;1H2;/t3-,4-;;/m0../s1. The summed E-state index contributed by atoms with van der Waals surface area (Å²) in [6, 6.07) is 0. The van der Waals surface area contributed by atoms with Crippen LogP contribution in [0, 0.1) is 0 Å². The Bertz CT molecular complexity index is 66.7. The van der Waals surface area contributed by atoms with E-state index in [0.29, 0.717) is 10.7 Å². The molecule has 0 spiro atoms. The van der Waals surface area contributed by atoms with E-state index in [-0.39, 0.29) is 0 Å². The molecule has 0 heterocycles. The van der Waals surface area contributed by atoms with Gasteiger partial charge in [-0.05, 0) is 0 Å². The summed E-state index contributed by atoms with van der Waals surface area (Å²) in [5.74, 6) is 0. The molecule has 2 nitrogen and oxygen atoms in total. The van der Waals surface area contributed by atoms with Gasteiger partial charge in [0.05, 0.1) is 12.2 Å². The van der Waals surface area contributed by atoms with E-state index in [0.717, 1.165) is 0 Å². The molecule has 0 aromatic carbocycles. The van der Waals surface area contributed by atoms with Gasteiger partial charge in [-0.2, -0.15) is 0 Å². The van der Waals surface area contributed by atoms with Crippen LogP contribution in [-0.2, 0) is 20.0 Å². The molecule has 0 fully saturated rings. The average molecular weight is 310 g/mol. The topological polar surface area (TPSA) is 40.5 Å². The van der Waals surface area contributed by atoms with E-state index in [1.165, 1.54) is 0 Å². The summed E-state index contributed by atoms with van der Waals surface area (Å²) >= 11 is 7.80. The summed E-state index contributed by atoms with van der Waals surface area (Å²) < 4.78 is 0. The van der Waals surface area contributed by atoms with Crippen molar-refractivity contribution in [3.63, 3.8) is 0 Å². The fourth-order valence-corrected chi connectivity index (χ4v) is 1.07. The van der Waals surface area contributed by atoms with Gasteiger partial charge >= 0.3 is 24.8 Å². The number of alkyl halides is 2. The SMILES string of the molecule is O[C@@H](CBr)[C@@H](O)CBr.[CH2]=[Ti]. The molecule has 2 atom stereocenters. The van der Waals surface area contributed by atoms with Crippen molar-refractivity contribution in [1.82, 2.24) is 0 Å². The molecule has 0 amide bonds. The minimum absolute atomic E-state index is 0.416. The summed E-state index contributed by atoms with van der Waals surface area (Å²) in [6.07, 6.45) is -1.32. The van der Waals surface area contributed by atoms with Crippen molar-refractivity contribution in [1.29, 1.82) is 0 Å². The van der Waals surface area contributed by atoms with Crippen molar-refractivity contribution in [2.75, 3.05) is 10.7 Å². The molecule has 0 saturated heterocycles. The van der Waals surface area contributed by atoms with Crippen molar-refractivity contribution in [2.45, 2.75) is 12.2 Å². The van der Waals surface area contributed by atoms with Crippen LogP contribution in [0.4, 0.5) is 0 Å². The fourth-order valence-electron chi connectivity index (χ4n) is 0.206. The number of aliphatic hydroxyl groups excluding tert-OH is 2. The molecular formula is C5H10Br2O2Ti. The summed E-state index contributed by atoms with van der Waals surface area (Å²) in [7, 11) is 0. The predicted octanol–water partition coefficient (Wildman–Crippen LogP) is 0.463. The molecule has 2 N–H and O–H groups in total. The third-order valence-corrected chi connectivity index (χ3v) is 2.09. The second-order valence-electron chi connectivity index (χ2n) is 1.44. The Balaban J connectivity index is 0. The number of halogens is 2. The van der Waals surface area contributed by atoms with Gasteiger partial charge in [0.25, 0.3) is 0 Å². The second-order valence-corrected chi connectivity index (χ2v) is 2.74. The maximum atomic E-state index is 8.80. The van der Waals surface area contributed by atoms with E-state index >= 15 is 0 Å². The van der Waals surface area contributed by atoms with Crippen LogP contribution in [0.15, 0.2) is 0 Å². The van der Waals surface area contributed by atoms with Gasteiger partial charge in [-0.3, -0.25) is 0 Å². The van der Waals surface area contributed by atoms with Crippen LogP contribution in [0.2, 0.25) is 0 Å². The molecule has 0 unspecified atom stereocenters. The summed E-state index contributed by atoms with van der Waals surface area (Å²) in [4.78, 5) is 3.25. The van der Waals surface area contributed by atoms with Crippen molar-refractivity contribution in [3.05, 3.63) is 0 Å². The first-order valence-electron chi connectivity index (χ1n) is 2.55. The maximum absolute atomic E-state index is 8.80. The van der Waals surface area contributed by atoms with Gasteiger partial charge in [-0.25, -0.2) is 0 Å². The first-order chi connectivity index (χ1) is 4.72. The Morgan fingerprint density at radius 2 is 1.30 bits per heavy atom. The second kappa shape index (κ2) is 10.5. The number of hydrogen-bond acceptors (Lipinski definition) is 2. The van der Waals surface area contributed by atoms with Crippen LogP contribution < -0.4 is 0 Å². The number of rotatable bonds is 3. The molecule has 0 aliphatic heterocycles. The Kier molecular flexibility index (Phi) is 14.7. The van der Waals surface area contributed by atoms with Crippen molar-refractivity contribution in [2.24, 2.45) is 0 Å². The van der Waals surface area contributed by atoms with Gasteiger partial charge in [0.1, 0.15) is 0 Å². The van der Waals surface area contributed by atoms with Crippen LogP contribution >= 0.6 is 31.9 Å². The third kappa shape index (κ3) is 7.57. The normalized spacial score (nSPS) is 14.7. The molecular weight excluding hydrogens is 300 g/mol. The molecule has 10 heavy (non-hydrogen) atoms. The zero-order chi connectivity index (χ0) is 8.57. The molecule has 0 aromatic rings. The van der Waals surface area contributed by atoms with E-state index in [1.54, 1.807) is 20.0 Å². The molecule has 0 radical (unpaired) electrons. The van der Waals surface area contributed by atoms with Crippen molar-refractivity contribution < 1.29 is 30.2 Å². The van der Waals surface area contributed by atoms with Crippen LogP contribution in [-0.4, -0.2) is 37.9 Å². The molecule has 0 rings (SSSR count). The van der Waals surface area contributed by atoms with E-state index in [1.807, 2.05) is 0 Å². The van der Waals surface area contributed by atoms with E-state index < -0.39 is 12.2 Å². The quantitative estimate of drug-likeness (QED) is 0.587. The summed E-state index contributed by atoms with van der Waals surface area (Å²) in [5.41, 5.74) is 0. The van der Waals surface area contributed by atoms with E-state index in [9.17, 15) is 0 Å². The Morgan fingerprint density at radius 3 is 1.40 bits per heavy atom. The zero-order valence-corrected chi connectivity index (χ0v) is 10.2. The van der Waals surface area contributed by atoms with Gasteiger partial charge in [0.15, 0.2) is 0 Å². The van der Waals surface area contributed by atoms with Crippen molar-refractivity contribution in [3.8, 4) is 0 Å². The number of hydrogen-bond donors (Lipinski definition) is 2. The van der Waals surface area contributed by atoms with E-state index in [2.05, 4.69) is 36.7 Å². The third-order valence-electron chi connectivity index (χ3n) is 0.760. The van der Waals surface area contributed by atoms with Crippen LogP contribution in [0.3, 0.4) is 0 Å². The summed E-state index contributed by atoms with van der Waals surface area (Å²) in [6.45, 7) is 0. The van der Waals surface area contributed by atoms with Crippen LogP contribution in [0.1, 0.15) is 0 Å². The molecule has 0 aliphatic rings. The van der Waals surface area contributed by atoms with Gasteiger partial charge < -0.3 is 10.2 Å². The van der Waals surface area contributed by atoms with Gasteiger partial charge in [-0.15, -0.1) is 0 Å². The average Bonchev–Trinajstić information content (AvgIpc) is 2.05. The monoisotopic (exact) mass is 308 g/mol. The van der Waals surface area contributed by atoms with Gasteiger partial charge in [-0.1, -0.05) is 31.9 Å². The Morgan fingerprint density at radius 1 is 1.10 bits per heavy atom. The Labute approximate surface area is 89.2 Å². The molecule has 60 valence electrons. The molecule has 0 aromatic heterocycles.